The molecule has 2 amide bonds. The van der Waals surface area contributed by atoms with Crippen LogP contribution in [-0.4, -0.2) is 37.7 Å². The number of para-hydroxylation sites is 1. The van der Waals surface area contributed by atoms with Crippen molar-refractivity contribution in [3.05, 3.63) is 108 Å². The highest BCUT2D eigenvalue weighted by Gasteiger charge is 2.16. The van der Waals surface area contributed by atoms with Crippen LogP contribution >= 0.6 is 0 Å². The summed E-state index contributed by atoms with van der Waals surface area (Å²) < 4.78 is 21.1. The number of nitrogens with one attached hydrogen (secondary N) is 2. The second-order valence-corrected chi connectivity index (χ2v) is 7.93. The second kappa shape index (κ2) is 12.7. The molecule has 0 fully saturated rings. The third kappa shape index (κ3) is 6.89. The topological polar surface area (TPSA) is 128 Å². The summed E-state index contributed by atoms with van der Waals surface area (Å²) in [5, 5.41) is 6.77. The zero-order valence-corrected chi connectivity index (χ0v) is 21.2. The lowest BCUT2D eigenvalue weighted by molar-refractivity contribution is 0.0694. The molecule has 0 bridgehead atoms. The minimum absolute atomic E-state index is 0.0614. The first-order chi connectivity index (χ1) is 19.0. The van der Waals surface area contributed by atoms with Crippen LogP contribution in [0.3, 0.4) is 0 Å². The number of esters is 1. The molecule has 1 heterocycles. The van der Waals surface area contributed by atoms with Crippen molar-refractivity contribution in [2.75, 3.05) is 19.0 Å². The first-order valence-corrected chi connectivity index (χ1v) is 11.9. The molecule has 0 spiro atoms. The van der Waals surface area contributed by atoms with Gasteiger partial charge in [0.2, 0.25) is 5.76 Å². The van der Waals surface area contributed by atoms with Crippen LogP contribution in [-0.2, 0) is 0 Å². The van der Waals surface area contributed by atoms with Crippen LogP contribution in [0, 0.1) is 0 Å². The molecule has 0 aliphatic carbocycles. The van der Waals surface area contributed by atoms with E-state index in [0.717, 1.165) is 0 Å². The molecule has 198 valence electrons. The third-order valence-electron chi connectivity index (χ3n) is 5.34. The molecule has 0 radical (unpaired) electrons. The highest BCUT2D eigenvalue weighted by atomic mass is 16.6. The number of anilines is 1. The van der Waals surface area contributed by atoms with Crippen molar-refractivity contribution in [1.82, 2.24) is 5.43 Å². The number of rotatable bonds is 10. The van der Waals surface area contributed by atoms with Gasteiger partial charge in [-0.05, 0) is 79.2 Å². The van der Waals surface area contributed by atoms with Crippen molar-refractivity contribution < 1.29 is 33.0 Å². The van der Waals surface area contributed by atoms with Crippen molar-refractivity contribution in [2.45, 2.75) is 6.92 Å². The van der Waals surface area contributed by atoms with Crippen LogP contribution in [0.1, 0.15) is 43.8 Å². The Balaban J connectivity index is 1.42. The van der Waals surface area contributed by atoms with Gasteiger partial charge in [-0.2, -0.15) is 5.10 Å². The molecule has 10 heteroatoms. The predicted octanol–water partition coefficient (Wildman–Crippen LogP) is 4.92. The Morgan fingerprint density at radius 2 is 1.72 bits per heavy atom. The molecule has 0 atom stereocenters. The first-order valence-electron chi connectivity index (χ1n) is 11.9. The molecule has 0 saturated heterocycles. The average Bonchev–Trinajstić information content (AvgIpc) is 3.50. The molecular weight excluding hydrogens is 502 g/mol. The fourth-order valence-corrected chi connectivity index (χ4v) is 3.46. The highest BCUT2D eigenvalue weighted by Crippen LogP contribution is 2.29. The van der Waals surface area contributed by atoms with E-state index in [4.69, 9.17) is 18.6 Å². The number of ether oxygens (including phenoxy) is 3. The fraction of sp³-hybridized carbons (Fsp3) is 0.103. The van der Waals surface area contributed by atoms with Crippen molar-refractivity contribution in [3.8, 4) is 17.2 Å². The predicted molar refractivity (Wildman–Crippen MR) is 144 cm³/mol. The molecule has 0 aliphatic heterocycles. The van der Waals surface area contributed by atoms with Crippen LogP contribution < -0.4 is 25.0 Å². The van der Waals surface area contributed by atoms with Crippen molar-refractivity contribution in [3.63, 3.8) is 0 Å². The Labute approximate surface area is 224 Å². The summed E-state index contributed by atoms with van der Waals surface area (Å²) in [6, 6.07) is 21.1. The van der Waals surface area contributed by atoms with E-state index in [-0.39, 0.29) is 23.0 Å². The van der Waals surface area contributed by atoms with Gasteiger partial charge < -0.3 is 23.9 Å². The zero-order chi connectivity index (χ0) is 27.6. The first kappa shape index (κ1) is 26.7. The number of hydrazone groups is 1. The van der Waals surface area contributed by atoms with Gasteiger partial charge in [0.05, 0.1) is 37.4 Å². The monoisotopic (exact) mass is 527 g/mol. The Kier molecular flexibility index (Phi) is 8.71. The number of benzene rings is 3. The molecule has 0 saturated carbocycles. The Hall–Kier alpha value is -5.38. The Morgan fingerprint density at radius 1 is 0.923 bits per heavy atom. The normalized spacial score (nSPS) is 10.6. The third-order valence-corrected chi connectivity index (χ3v) is 5.34. The minimum atomic E-state index is -0.660. The molecule has 2 N–H and O–H groups in total. The molecule has 0 aliphatic rings. The number of amides is 2. The van der Waals surface area contributed by atoms with Gasteiger partial charge in [-0.3, -0.25) is 9.59 Å². The van der Waals surface area contributed by atoms with E-state index in [9.17, 15) is 14.4 Å². The van der Waals surface area contributed by atoms with Gasteiger partial charge in [-0.1, -0.05) is 12.1 Å². The summed E-state index contributed by atoms with van der Waals surface area (Å²) in [5.41, 5.74) is 4.00. The molecular formula is C29H25N3O7. The summed E-state index contributed by atoms with van der Waals surface area (Å²) >= 11 is 0. The van der Waals surface area contributed by atoms with Crippen molar-refractivity contribution >= 4 is 29.7 Å². The summed E-state index contributed by atoms with van der Waals surface area (Å²) in [4.78, 5) is 37.7. The lowest BCUT2D eigenvalue weighted by Gasteiger charge is -2.11. The van der Waals surface area contributed by atoms with Gasteiger partial charge in [-0.15, -0.1) is 0 Å². The van der Waals surface area contributed by atoms with E-state index in [2.05, 4.69) is 15.8 Å². The molecule has 10 nitrogen and oxygen atoms in total. The molecule has 4 rings (SSSR count). The molecule has 1 aromatic heterocycles. The minimum Gasteiger partial charge on any atom is -0.497 e. The largest absolute Gasteiger partial charge is 0.497 e. The lowest BCUT2D eigenvalue weighted by atomic mass is 10.1. The lowest BCUT2D eigenvalue weighted by Crippen LogP contribution is -2.21. The van der Waals surface area contributed by atoms with Gasteiger partial charge in [0.25, 0.3) is 11.8 Å². The van der Waals surface area contributed by atoms with E-state index in [1.165, 1.54) is 18.5 Å². The smallest absolute Gasteiger partial charge is 0.379 e. The van der Waals surface area contributed by atoms with Crippen LogP contribution in [0.2, 0.25) is 0 Å². The number of carbonyl (C=O) groups is 3. The van der Waals surface area contributed by atoms with E-state index in [1.807, 2.05) is 0 Å². The Morgan fingerprint density at radius 3 is 2.44 bits per heavy atom. The standard InChI is InChI=1S/C29H25N3O7/c1-3-37-26-17-19(10-15-24(26)39-29(35)25-9-6-16-38-25)18-30-32-28(34)22-7-4-5-8-23(22)31-27(33)20-11-13-21(36-2)14-12-20/h4-18H,3H2,1-2H3,(H,31,33)(H,32,34)/b30-18-. The number of methoxy groups -OCH3 is 1. The quantitative estimate of drug-likeness (QED) is 0.130. The zero-order valence-electron chi connectivity index (χ0n) is 21.2. The van der Waals surface area contributed by atoms with Gasteiger partial charge in [0, 0.05) is 5.56 Å². The van der Waals surface area contributed by atoms with Crippen LogP contribution in [0.5, 0.6) is 17.2 Å². The SMILES string of the molecule is CCOc1cc(/C=N\NC(=O)c2ccccc2NC(=O)c2ccc(OC)cc2)ccc1OC(=O)c1ccco1. The number of nitrogens with zero attached hydrogens (tertiary/aromatic N) is 1. The summed E-state index contributed by atoms with van der Waals surface area (Å²) in [5.74, 6) is -0.343. The number of carbonyl (C=O) groups excluding carboxylic acids is 3. The Bertz CT molecular complexity index is 1480. The molecule has 4 aromatic rings. The van der Waals surface area contributed by atoms with Gasteiger partial charge in [0.15, 0.2) is 11.5 Å². The van der Waals surface area contributed by atoms with Crippen molar-refractivity contribution in [1.29, 1.82) is 0 Å². The van der Waals surface area contributed by atoms with Gasteiger partial charge in [0.1, 0.15) is 5.75 Å². The summed E-state index contributed by atoms with van der Waals surface area (Å²) in [6.07, 6.45) is 2.79. The van der Waals surface area contributed by atoms with E-state index in [1.54, 1.807) is 86.8 Å². The van der Waals surface area contributed by atoms with E-state index >= 15 is 0 Å². The average molecular weight is 528 g/mol. The fourth-order valence-electron chi connectivity index (χ4n) is 3.46. The molecule has 0 unspecified atom stereocenters. The van der Waals surface area contributed by atoms with Crippen LogP contribution in [0.15, 0.2) is 94.6 Å². The van der Waals surface area contributed by atoms with Crippen molar-refractivity contribution in [2.24, 2.45) is 5.10 Å². The maximum Gasteiger partial charge on any atom is 0.379 e. The summed E-state index contributed by atoms with van der Waals surface area (Å²) in [6.45, 7) is 2.13. The number of hydrogen-bond donors (Lipinski definition) is 2. The maximum atomic E-state index is 12.8. The summed E-state index contributed by atoms with van der Waals surface area (Å²) in [7, 11) is 1.54. The maximum absolute atomic E-state index is 12.8. The van der Waals surface area contributed by atoms with E-state index in [0.29, 0.717) is 34.9 Å². The van der Waals surface area contributed by atoms with Crippen LogP contribution in [0.4, 0.5) is 5.69 Å². The second-order valence-electron chi connectivity index (χ2n) is 7.93. The van der Waals surface area contributed by atoms with Crippen LogP contribution in [0.25, 0.3) is 0 Å². The molecule has 3 aromatic carbocycles. The number of hydrogen-bond acceptors (Lipinski definition) is 8. The van der Waals surface area contributed by atoms with E-state index < -0.39 is 11.9 Å². The van der Waals surface area contributed by atoms with Gasteiger partial charge in [-0.25, -0.2) is 10.2 Å². The number of furan rings is 1. The van der Waals surface area contributed by atoms with Gasteiger partial charge >= 0.3 is 5.97 Å². The highest BCUT2D eigenvalue weighted by molar-refractivity contribution is 6.09. The molecule has 39 heavy (non-hydrogen) atoms.